The van der Waals surface area contributed by atoms with E-state index in [1.165, 1.54) is 6.07 Å². The van der Waals surface area contributed by atoms with E-state index in [1.807, 2.05) is 0 Å². The van der Waals surface area contributed by atoms with Crippen LogP contribution in [0.2, 0.25) is 10.0 Å². The molecular formula is C8H8Cl2O. The van der Waals surface area contributed by atoms with Crippen LogP contribution < -0.4 is 0 Å². The van der Waals surface area contributed by atoms with Crippen LogP contribution in [0.5, 0.6) is 0 Å². The number of hydrogen-bond donors (Lipinski definition) is 0. The standard InChI is InChI=1S/C7H4Cl2O.CH4/c8-6-1-2-7(9)5(3-6)4-10;/h1-4H;1H4. The molecule has 60 valence electrons. The Labute approximate surface area is 75.9 Å². The molecule has 0 radical (unpaired) electrons. The molecule has 1 rings (SSSR count). The molecule has 1 nitrogen and oxygen atoms in total. The van der Waals surface area contributed by atoms with Crippen LogP contribution in [0.1, 0.15) is 17.8 Å². The lowest BCUT2D eigenvalue weighted by Crippen LogP contribution is -1.79. The number of hydrogen-bond acceptors (Lipinski definition) is 1. The molecule has 0 amide bonds. The molecule has 0 heterocycles. The highest BCUT2D eigenvalue weighted by Gasteiger charge is 1.97. The van der Waals surface area contributed by atoms with Crippen molar-refractivity contribution < 1.29 is 4.79 Å². The van der Waals surface area contributed by atoms with E-state index in [1.54, 1.807) is 12.1 Å². The monoisotopic (exact) mass is 190 g/mol. The predicted octanol–water partition coefficient (Wildman–Crippen LogP) is 3.44. The quantitative estimate of drug-likeness (QED) is 0.621. The van der Waals surface area contributed by atoms with E-state index in [0.717, 1.165) is 0 Å². The summed E-state index contributed by atoms with van der Waals surface area (Å²) in [6.45, 7) is 0. The summed E-state index contributed by atoms with van der Waals surface area (Å²) in [4.78, 5) is 10.2. The first-order valence-corrected chi connectivity index (χ1v) is 3.40. The molecule has 0 saturated carbocycles. The van der Waals surface area contributed by atoms with Gasteiger partial charge in [0.15, 0.2) is 6.29 Å². The van der Waals surface area contributed by atoms with Gasteiger partial charge in [-0.2, -0.15) is 0 Å². The van der Waals surface area contributed by atoms with Crippen LogP contribution in [0.15, 0.2) is 18.2 Å². The van der Waals surface area contributed by atoms with Gasteiger partial charge >= 0.3 is 0 Å². The zero-order valence-corrected chi connectivity index (χ0v) is 6.49. The number of rotatable bonds is 1. The number of carbonyl (C=O) groups is 1. The summed E-state index contributed by atoms with van der Waals surface area (Å²) in [6.07, 6.45) is 0.675. The summed E-state index contributed by atoms with van der Waals surface area (Å²) in [5.74, 6) is 0. The van der Waals surface area contributed by atoms with Gasteiger partial charge in [-0.1, -0.05) is 30.6 Å². The SMILES string of the molecule is C.O=Cc1cc(Cl)ccc1Cl. The van der Waals surface area contributed by atoms with Crippen LogP contribution in [0.3, 0.4) is 0 Å². The second-order valence-corrected chi connectivity index (χ2v) is 2.63. The van der Waals surface area contributed by atoms with E-state index in [9.17, 15) is 4.79 Å². The molecular weight excluding hydrogens is 183 g/mol. The summed E-state index contributed by atoms with van der Waals surface area (Å²) in [7, 11) is 0. The van der Waals surface area contributed by atoms with Crippen molar-refractivity contribution in [2.45, 2.75) is 7.43 Å². The molecule has 0 unspecified atom stereocenters. The molecule has 0 fully saturated rings. The van der Waals surface area contributed by atoms with E-state index >= 15 is 0 Å². The van der Waals surface area contributed by atoms with Gasteiger partial charge in [0.1, 0.15) is 0 Å². The maximum absolute atomic E-state index is 10.2. The molecule has 0 aromatic heterocycles. The Kier molecular flexibility index (Phi) is 4.16. The molecule has 0 aliphatic heterocycles. The van der Waals surface area contributed by atoms with Crippen molar-refractivity contribution in [2.75, 3.05) is 0 Å². The van der Waals surface area contributed by atoms with Gasteiger partial charge < -0.3 is 0 Å². The molecule has 1 aromatic carbocycles. The van der Waals surface area contributed by atoms with Crippen molar-refractivity contribution in [3.8, 4) is 0 Å². The highest BCUT2D eigenvalue weighted by Crippen LogP contribution is 2.18. The third-order valence-electron chi connectivity index (χ3n) is 1.09. The van der Waals surface area contributed by atoms with E-state index in [0.29, 0.717) is 21.9 Å². The van der Waals surface area contributed by atoms with Gasteiger partial charge in [-0.05, 0) is 18.2 Å². The lowest BCUT2D eigenvalue weighted by molar-refractivity contribution is 0.112. The maximum Gasteiger partial charge on any atom is 0.151 e. The minimum Gasteiger partial charge on any atom is -0.298 e. The van der Waals surface area contributed by atoms with E-state index in [4.69, 9.17) is 23.2 Å². The number of benzene rings is 1. The van der Waals surface area contributed by atoms with Crippen molar-refractivity contribution in [2.24, 2.45) is 0 Å². The summed E-state index contributed by atoms with van der Waals surface area (Å²) < 4.78 is 0. The third-order valence-corrected chi connectivity index (χ3v) is 1.66. The van der Waals surface area contributed by atoms with Gasteiger partial charge in [0.05, 0.1) is 5.02 Å². The first-order chi connectivity index (χ1) is 4.74. The normalized spacial score (nSPS) is 8.55. The number of halogens is 2. The molecule has 0 atom stereocenters. The second kappa shape index (κ2) is 4.37. The molecule has 0 aliphatic carbocycles. The minimum atomic E-state index is 0. The molecule has 0 aliphatic rings. The van der Waals surface area contributed by atoms with E-state index in [-0.39, 0.29) is 7.43 Å². The lowest BCUT2D eigenvalue weighted by Gasteiger charge is -1.93. The van der Waals surface area contributed by atoms with Crippen LogP contribution in [0.25, 0.3) is 0 Å². The highest BCUT2D eigenvalue weighted by atomic mass is 35.5. The zero-order valence-electron chi connectivity index (χ0n) is 4.97. The summed E-state index contributed by atoms with van der Waals surface area (Å²) in [6, 6.07) is 4.75. The Bertz CT molecular complexity index is 258. The Morgan fingerprint density at radius 3 is 2.36 bits per heavy atom. The smallest absolute Gasteiger partial charge is 0.151 e. The molecule has 0 bridgehead atoms. The van der Waals surface area contributed by atoms with Crippen molar-refractivity contribution in [3.63, 3.8) is 0 Å². The Hall–Kier alpha value is -0.530. The number of aldehydes is 1. The number of carbonyl (C=O) groups excluding carboxylic acids is 1. The van der Waals surface area contributed by atoms with Crippen molar-refractivity contribution in [1.82, 2.24) is 0 Å². The van der Waals surface area contributed by atoms with Gasteiger partial charge in [0, 0.05) is 10.6 Å². The third kappa shape index (κ3) is 2.52. The van der Waals surface area contributed by atoms with E-state index in [2.05, 4.69) is 0 Å². The maximum atomic E-state index is 10.2. The molecule has 1 aromatic rings. The second-order valence-electron chi connectivity index (χ2n) is 1.78. The molecule has 0 N–H and O–H groups in total. The van der Waals surface area contributed by atoms with Crippen molar-refractivity contribution in [3.05, 3.63) is 33.8 Å². The Morgan fingerprint density at radius 2 is 1.91 bits per heavy atom. The van der Waals surface area contributed by atoms with Crippen LogP contribution in [0, 0.1) is 0 Å². The summed E-state index contributed by atoms with van der Waals surface area (Å²) >= 11 is 11.2. The molecule has 0 spiro atoms. The first-order valence-electron chi connectivity index (χ1n) is 2.64. The van der Waals surface area contributed by atoms with Gasteiger partial charge in [0.2, 0.25) is 0 Å². The first kappa shape index (κ1) is 10.5. The fraction of sp³-hybridized carbons (Fsp3) is 0.125. The van der Waals surface area contributed by atoms with Crippen LogP contribution >= 0.6 is 23.2 Å². The topological polar surface area (TPSA) is 17.1 Å². The van der Waals surface area contributed by atoms with Crippen LogP contribution in [-0.2, 0) is 0 Å². The Morgan fingerprint density at radius 1 is 1.27 bits per heavy atom. The summed E-state index contributed by atoms with van der Waals surface area (Å²) in [5.41, 5.74) is 0.425. The van der Waals surface area contributed by atoms with Gasteiger partial charge in [0.25, 0.3) is 0 Å². The largest absolute Gasteiger partial charge is 0.298 e. The predicted molar refractivity (Wildman–Crippen MR) is 48.6 cm³/mol. The average molecular weight is 191 g/mol. The molecule has 11 heavy (non-hydrogen) atoms. The molecule has 0 saturated heterocycles. The zero-order chi connectivity index (χ0) is 7.56. The van der Waals surface area contributed by atoms with Gasteiger partial charge in [-0.3, -0.25) is 4.79 Å². The summed E-state index contributed by atoms with van der Waals surface area (Å²) in [5, 5.41) is 0.950. The lowest BCUT2D eigenvalue weighted by atomic mass is 10.2. The minimum absolute atomic E-state index is 0. The van der Waals surface area contributed by atoms with E-state index < -0.39 is 0 Å². The van der Waals surface area contributed by atoms with Crippen LogP contribution in [-0.4, -0.2) is 6.29 Å². The fourth-order valence-corrected chi connectivity index (χ4v) is 0.948. The average Bonchev–Trinajstić information content (AvgIpc) is 1.94. The van der Waals surface area contributed by atoms with Crippen molar-refractivity contribution >= 4 is 29.5 Å². The Balaban J connectivity index is 0.000001000. The van der Waals surface area contributed by atoms with Crippen molar-refractivity contribution in [1.29, 1.82) is 0 Å². The van der Waals surface area contributed by atoms with Gasteiger partial charge in [-0.15, -0.1) is 0 Å². The molecule has 3 heteroatoms. The fourth-order valence-electron chi connectivity index (χ4n) is 0.605. The van der Waals surface area contributed by atoms with Gasteiger partial charge in [-0.25, -0.2) is 0 Å². The highest BCUT2D eigenvalue weighted by molar-refractivity contribution is 6.34. The van der Waals surface area contributed by atoms with Crippen LogP contribution in [0.4, 0.5) is 0 Å².